The summed E-state index contributed by atoms with van der Waals surface area (Å²) in [6.07, 6.45) is 3.71. The first-order valence-corrected chi connectivity index (χ1v) is 7.10. The topological polar surface area (TPSA) is 33.1 Å². The SMILES string of the molecule is CCc1cc(CN(C)CC2CCCNC2)n(C)n1. The summed E-state index contributed by atoms with van der Waals surface area (Å²) < 4.78 is 2.02. The molecule has 0 radical (unpaired) electrons. The van der Waals surface area contributed by atoms with E-state index in [0.717, 1.165) is 18.9 Å². The van der Waals surface area contributed by atoms with Gasteiger partial charge in [-0.3, -0.25) is 4.68 Å². The van der Waals surface area contributed by atoms with Crippen LogP contribution in [0.25, 0.3) is 0 Å². The van der Waals surface area contributed by atoms with E-state index in [2.05, 4.69) is 35.4 Å². The quantitative estimate of drug-likeness (QED) is 0.858. The third kappa shape index (κ3) is 3.56. The summed E-state index contributed by atoms with van der Waals surface area (Å²) in [6, 6.07) is 2.23. The standard InChI is InChI=1S/C14H26N4/c1-4-13-8-14(18(3)16-13)11-17(2)10-12-6-5-7-15-9-12/h8,12,15H,4-7,9-11H2,1-3H3. The van der Waals surface area contributed by atoms with Crippen LogP contribution in [0.3, 0.4) is 0 Å². The van der Waals surface area contributed by atoms with Gasteiger partial charge >= 0.3 is 0 Å². The minimum atomic E-state index is 0.808. The van der Waals surface area contributed by atoms with Crippen LogP contribution in [-0.2, 0) is 20.0 Å². The molecule has 4 heteroatoms. The molecule has 18 heavy (non-hydrogen) atoms. The Bertz CT molecular complexity index is 366. The molecule has 1 unspecified atom stereocenters. The molecule has 1 N–H and O–H groups in total. The van der Waals surface area contributed by atoms with Gasteiger partial charge in [-0.05, 0) is 51.4 Å². The Morgan fingerprint density at radius 1 is 1.56 bits per heavy atom. The Morgan fingerprint density at radius 3 is 3.00 bits per heavy atom. The van der Waals surface area contributed by atoms with Gasteiger partial charge in [0.1, 0.15) is 0 Å². The zero-order valence-electron chi connectivity index (χ0n) is 11.9. The fourth-order valence-corrected chi connectivity index (χ4v) is 2.75. The van der Waals surface area contributed by atoms with Gasteiger partial charge in [-0.25, -0.2) is 0 Å². The van der Waals surface area contributed by atoms with Crippen molar-refractivity contribution in [3.05, 3.63) is 17.5 Å². The van der Waals surface area contributed by atoms with Crippen LogP contribution in [0.2, 0.25) is 0 Å². The van der Waals surface area contributed by atoms with Crippen LogP contribution in [0.5, 0.6) is 0 Å². The van der Waals surface area contributed by atoms with Gasteiger partial charge in [0, 0.05) is 20.1 Å². The first-order chi connectivity index (χ1) is 8.69. The molecule has 102 valence electrons. The highest BCUT2D eigenvalue weighted by Gasteiger charge is 2.16. The predicted octanol–water partition coefficient (Wildman–Crippen LogP) is 1.41. The smallest absolute Gasteiger partial charge is 0.0625 e. The minimum absolute atomic E-state index is 0.808. The van der Waals surface area contributed by atoms with Crippen molar-refractivity contribution in [3.8, 4) is 0 Å². The van der Waals surface area contributed by atoms with Crippen LogP contribution in [0.4, 0.5) is 0 Å². The van der Waals surface area contributed by atoms with E-state index in [1.54, 1.807) is 0 Å². The molecule has 0 amide bonds. The van der Waals surface area contributed by atoms with E-state index in [1.807, 2.05) is 11.7 Å². The molecule has 2 rings (SSSR count). The summed E-state index contributed by atoms with van der Waals surface area (Å²) in [6.45, 7) is 6.71. The second kappa shape index (κ2) is 6.34. The van der Waals surface area contributed by atoms with Gasteiger partial charge < -0.3 is 10.2 Å². The first kappa shape index (κ1) is 13.6. The number of piperidine rings is 1. The Labute approximate surface area is 110 Å². The highest BCUT2D eigenvalue weighted by Crippen LogP contribution is 2.13. The van der Waals surface area contributed by atoms with Crippen molar-refractivity contribution in [1.29, 1.82) is 0 Å². The molecule has 1 aromatic heterocycles. The Hall–Kier alpha value is -0.870. The third-order valence-electron chi connectivity index (χ3n) is 3.79. The molecule has 0 saturated carbocycles. The lowest BCUT2D eigenvalue weighted by molar-refractivity contribution is 0.233. The van der Waals surface area contributed by atoms with Crippen LogP contribution in [0.1, 0.15) is 31.2 Å². The van der Waals surface area contributed by atoms with Gasteiger partial charge in [0.2, 0.25) is 0 Å². The molecule has 2 heterocycles. The van der Waals surface area contributed by atoms with Crippen molar-refractivity contribution < 1.29 is 0 Å². The van der Waals surface area contributed by atoms with Crippen molar-refractivity contribution in [3.63, 3.8) is 0 Å². The number of aromatic nitrogens is 2. The number of nitrogens with one attached hydrogen (secondary N) is 1. The Balaban J connectivity index is 1.85. The number of hydrogen-bond donors (Lipinski definition) is 1. The van der Waals surface area contributed by atoms with Gasteiger partial charge in [0.25, 0.3) is 0 Å². The maximum absolute atomic E-state index is 4.51. The van der Waals surface area contributed by atoms with Crippen molar-refractivity contribution in [2.45, 2.75) is 32.7 Å². The van der Waals surface area contributed by atoms with E-state index in [9.17, 15) is 0 Å². The minimum Gasteiger partial charge on any atom is -0.316 e. The van der Waals surface area contributed by atoms with Gasteiger partial charge in [-0.1, -0.05) is 6.92 Å². The van der Waals surface area contributed by atoms with Crippen LogP contribution in [0.15, 0.2) is 6.07 Å². The summed E-state index contributed by atoms with van der Waals surface area (Å²) in [4.78, 5) is 2.42. The van der Waals surface area contributed by atoms with E-state index >= 15 is 0 Å². The fourth-order valence-electron chi connectivity index (χ4n) is 2.75. The number of rotatable bonds is 5. The highest BCUT2D eigenvalue weighted by molar-refractivity contribution is 5.10. The molecule has 4 nitrogen and oxygen atoms in total. The number of hydrogen-bond acceptors (Lipinski definition) is 3. The Morgan fingerprint density at radius 2 is 2.39 bits per heavy atom. The van der Waals surface area contributed by atoms with Crippen molar-refractivity contribution in [2.75, 3.05) is 26.7 Å². The van der Waals surface area contributed by atoms with Crippen LogP contribution in [-0.4, -0.2) is 41.4 Å². The molecular formula is C14H26N4. The monoisotopic (exact) mass is 250 g/mol. The van der Waals surface area contributed by atoms with Gasteiger partial charge in [0.05, 0.1) is 11.4 Å². The lowest BCUT2D eigenvalue weighted by Gasteiger charge is -2.27. The second-order valence-electron chi connectivity index (χ2n) is 5.51. The molecular weight excluding hydrogens is 224 g/mol. The normalized spacial score (nSPS) is 20.6. The van der Waals surface area contributed by atoms with Crippen molar-refractivity contribution >= 4 is 0 Å². The predicted molar refractivity (Wildman–Crippen MR) is 74.5 cm³/mol. The summed E-state index contributed by atoms with van der Waals surface area (Å²) in [7, 11) is 4.26. The molecule has 0 bridgehead atoms. The Kier molecular flexibility index (Phi) is 4.78. The van der Waals surface area contributed by atoms with E-state index in [0.29, 0.717) is 0 Å². The van der Waals surface area contributed by atoms with Crippen LogP contribution in [0, 0.1) is 5.92 Å². The average molecular weight is 250 g/mol. The molecule has 1 saturated heterocycles. The van der Waals surface area contributed by atoms with E-state index in [4.69, 9.17) is 0 Å². The van der Waals surface area contributed by atoms with Gasteiger partial charge in [0.15, 0.2) is 0 Å². The zero-order chi connectivity index (χ0) is 13.0. The van der Waals surface area contributed by atoms with E-state index in [1.165, 1.54) is 43.9 Å². The first-order valence-electron chi connectivity index (χ1n) is 7.10. The van der Waals surface area contributed by atoms with Crippen LogP contribution >= 0.6 is 0 Å². The number of aryl methyl sites for hydroxylation is 2. The van der Waals surface area contributed by atoms with E-state index in [-0.39, 0.29) is 0 Å². The maximum atomic E-state index is 4.51. The molecule has 0 spiro atoms. The molecule has 1 aliphatic rings. The molecule has 1 aliphatic heterocycles. The van der Waals surface area contributed by atoms with Gasteiger partial charge in [-0.15, -0.1) is 0 Å². The maximum Gasteiger partial charge on any atom is 0.0625 e. The lowest BCUT2D eigenvalue weighted by atomic mass is 9.99. The number of nitrogens with zero attached hydrogens (tertiary/aromatic N) is 3. The fraction of sp³-hybridized carbons (Fsp3) is 0.786. The highest BCUT2D eigenvalue weighted by atomic mass is 15.3. The zero-order valence-corrected chi connectivity index (χ0v) is 11.9. The molecule has 0 aromatic carbocycles. The average Bonchev–Trinajstić information content (AvgIpc) is 2.71. The second-order valence-corrected chi connectivity index (χ2v) is 5.51. The van der Waals surface area contributed by atoms with Crippen LogP contribution < -0.4 is 5.32 Å². The lowest BCUT2D eigenvalue weighted by Crippen LogP contribution is -2.36. The van der Waals surface area contributed by atoms with Gasteiger partial charge in [-0.2, -0.15) is 5.10 Å². The summed E-state index contributed by atoms with van der Waals surface area (Å²) in [5, 5.41) is 7.99. The summed E-state index contributed by atoms with van der Waals surface area (Å²) >= 11 is 0. The molecule has 1 aromatic rings. The van der Waals surface area contributed by atoms with Crippen molar-refractivity contribution in [2.24, 2.45) is 13.0 Å². The van der Waals surface area contributed by atoms with E-state index < -0.39 is 0 Å². The molecule has 1 fully saturated rings. The largest absolute Gasteiger partial charge is 0.316 e. The summed E-state index contributed by atoms with van der Waals surface area (Å²) in [5.74, 6) is 0.808. The molecule has 1 atom stereocenters. The molecule has 0 aliphatic carbocycles. The summed E-state index contributed by atoms with van der Waals surface area (Å²) in [5.41, 5.74) is 2.51. The third-order valence-corrected chi connectivity index (χ3v) is 3.79. The van der Waals surface area contributed by atoms with Crippen molar-refractivity contribution in [1.82, 2.24) is 20.0 Å².